The van der Waals surface area contributed by atoms with Crippen LogP contribution < -0.4 is 5.32 Å². The molecule has 1 amide bonds. The maximum Gasteiger partial charge on any atom is 0.220 e. The molecule has 2 N–H and O–H groups in total. The molecule has 0 aliphatic rings. The summed E-state index contributed by atoms with van der Waals surface area (Å²) in [6.45, 7) is 0.445. The lowest BCUT2D eigenvalue weighted by atomic mass is 10.0. The molecule has 2 heterocycles. The van der Waals surface area contributed by atoms with Gasteiger partial charge >= 0.3 is 0 Å². The molecule has 0 saturated heterocycles. The lowest BCUT2D eigenvalue weighted by molar-refractivity contribution is -0.121. The molecule has 0 aliphatic heterocycles. The molecule has 0 aliphatic carbocycles. The van der Waals surface area contributed by atoms with Gasteiger partial charge in [-0.15, -0.1) is 0 Å². The minimum atomic E-state index is -0.284. The van der Waals surface area contributed by atoms with Gasteiger partial charge in [0.05, 0.1) is 0 Å². The monoisotopic (exact) mass is 373 g/mol. The Morgan fingerprint density at radius 3 is 2.71 bits per heavy atom. The van der Waals surface area contributed by atoms with E-state index in [1.807, 2.05) is 42.5 Å². The summed E-state index contributed by atoms with van der Waals surface area (Å²) < 4.78 is 13.8. The van der Waals surface area contributed by atoms with Crippen molar-refractivity contribution in [2.45, 2.75) is 19.4 Å². The van der Waals surface area contributed by atoms with Crippen molar-refractivity contribution in [1.29, 1.82) is 0 Å². The maximum absolute atomic E-state index is 13.8. The number of carbonyl (C=O) groups is 1. The van der Waals surface area contributed by atoms with Crippen LogP contribution in [0.4, 0.5) is 4.39 Å². The van der Waals surface area contributed by atoms with Crippen molar-refractivity contribution >= 4 is 16.8 Å². The Labute approximate surface area is 162 Å². The Hall–Kier alpha value is -3.47. The predicted molar refractivity (Wildman–Crippen MR) is 108 cm³/mol. The van der Waals surface area contributed by atoms with Crippen molar-refractivity contribution < 1.29 is 9.18 Å². The van der Waals surface area contributed by atoms with Gasteiger partial charge in [0.15, 0.2) is 0 Å². The largest absolute Gasteiger partial charge is 0.354 e. The second-order valence-corrected chi connectivity index (χ2v) is 6.67. The smallest absolute Gasteiger partial charge is 0.220 e. The van der Waals surface area contributed by atoms with Gasteiger partial charge in [-0.2, -0.15) is 0 Å². The molecule has 5 heteroatoms. The van der Waals surface area contributed by atoms with Gasteiger partial charge in [0.2, 0.25) is 5.91 Å². The summed E-state index contributed by atoms with van der Waals surface area (Å²) in [6, 6.07) is 18.4. The van der Waals surface area contributed by atoms with Crippen LogP contribution in [0.1, 0.15) is 17.5 Å². The first-order chi connectivity index (χ1) is 13.7. The zero-order chi connectivity index (χ0) is 19.3. The zero-order valence-corrected chi connectivity index (χ0v) is 15.3. The van der Waals surface area contributed by atoms with E-state index in [9.17, 15) is 9.18 Å². The summed E-state index contributed by atoms with van der Waals surface area (Å²) in [5.41, 5.74) is 4.73. The number of hydrogen-bond acceptors (Lipinski definition) is 2. The molecule has 0 atom stereocenters. The molecule has 2 aromatic carbocycles. The van der Waals surface area contributed by atoms with Crippen molar-refractivity contribution in [3.05, 3.63) is 90.0 Å². The molecule has 0 unspecified atom stereocenters. The fourth-order valence-electron chi connectivity index (χ4n) is 3.36. The minimum absolute atomic E-state index is 0.0476. The summed E-state index contributed by atoms with van der Waals surface area (Å²) >= 11 is 0. The number of pyridine rings is 1. The number of aryl methyl sites for hydroxylation is 1. The molecule has 4 nitrogen and oxygen atoms in total. The number of hydrogen-bond donors (Lipinski definition) is 2. The molecule has 0 fully saturated rings. The quantitative estimate of drug-likeness (QED) is 0.518. The van der Waals surface area contributed by atoms with E-state index in [1.54, 1.807) is 18.5 Å². The molecule has 0 saturated carbocycles. The topological polar surface area (TPSA) is 57.8 Å². The molecule has 2 aromatic heterocycles. The number of rotatable bonds is 6. The molecule has 0 bridgehead atoms. The van der Waals surface area contributed by atoms with Gasteiger partial charge in [0.1, 0.15) is 5.82 Å². The lowest BCUT2D eigenvalue weighted by Gasteiger charge is -2.07. The first-order valence-electron chi connectivity index (χ1n) is 9.22. The van der Waals surface area contributed by atoms with E-state index in [-0.39, 0.29) is 11.7 Å². The second-order valence-electron chi connectivity index (χ2n) is 6.67. The van der Waals surface area contributed by atoms with E-state index >= 15 is 0 Å². The Kier molecular flexibility index (Phi) is 5.15. The molecular formula is C23H20FN3O. The standard InChI is InChI=1S/C23H20FN3O/c24-18-8-10-21-20(13-18)19(23(27-21)17-6-2-1-3-7-17)9-11-22(28)26-15-16-5-4-12-25-14-16/h1-8,10,12-14,27H,9,11,15H2,(H,26,28). The van der Waals surface area contributed by atoms with Crippen molar-refractivity contribution in [2.24, 2.45) is 0 Å². The summed E-state index contributed by atoms with van der Waals surface area (Å²) in [7, 11) is 0. The fraction of sp³-hybridized carbons (Fsp3) is 0.130. The summed E-state index contributed by atoms with van der Waals surface area (Å²) in [4.78, 5) is 19.8. The van der Waals surface area contributed by atoms with Crippen LogP contribution in [0.15, 0.2) is 73.1 Å². The number of aromatic nitrogens is 2. The van der Waals surface area contributed by atoms with Crippen molar-refractivity contribution in [1.82, 2.24) is 15.3 Å². The highest BCUT2D eigenvalue weighted by Crippen LogP contribution is 2.31. The first kappa shape index (κ1) is 17.9. The molecule has 0 spiro atoms. The molecule has 140 valence electrons. The SMILES string of the molecule is O=C(CCc1c(-c2ccccc2)[nH]c2ccc(F)cc12)NCc1cccnc1. The van der Waals surface area contributed by atoms with Gasteiger partial charge in [-0.1, -0.05) is 36.4 Å². The maximum atomic E-state index is 13.8. The van der Waals surface area contributed by atoms with Crippen LogP contribution in [-0.2, 0) is 17.8 Å². The van der Waals surface area contributed by atoms with Crippen LogP contribution in [0.5, 0.6) is 0 Å². The van der Waals surface area contributed by atoms with Crippen LogP contribution in [0, 0.1) is 5.82 Å². The third-order valence-corrected chi connectivity index (χ3v) is 4.75. The highest BCUT2D eigenvalue weighted by atomic mass is 19.1. The van der Waals surface area contributed by atoms with Crippen molar-refractivity contribution in [3.63, 3.8) is 0 Å². The summed E-state index contributed by atoms with van der Waals surface area (Å²) in [6.07, 6.45) is 4.28. The van der Waals surface area contributed by atoms with E-state index in [2.05, 4.69) is 15.3 Å². The lowest BCUT2D eigenvalue weighted by Crippen LogP contribution is -2.23. The van der Waals surface area contributed by atoms with Crippen LogP contribution in [-0.4, -0.2) is 15.9 Å². The van der Waals surface area contributed by atoms with Gasteiger partial charge in [0, 0.05) is 42.0 Å². The van der Waals surface area contributed by atoms with Crippen LogP contribution >= 0.6 is 0 Å². The Morgan fingerprint density at radius 1 is 1.07 bits per heavy atom. The van der Waals surface area contributed by atoms with E-state index in [0.717, 1.165) is 33.3 Å². The number of carbonyl (C=O) groups excluding carboxylic acids is 1. The second kappa shape index (κ2) is 8.05. The zero-order valence-electron chi connectivity index (χ0n) is 15.3. The van der Waals surface area contributed by atoms with Crippen molar-refractivity contribution in [3.8, 4) is 11.3 Å². The Morgan fingerprint density at radius 2 is 1.93 bits per heavy atom. The highest BCUT2D eigenvalue weighted by molar-refractivity contribution is 5.91. The van der Waals surface area contributed by atoms with Gasteiger partial charge in [-0.3, -0.25) is 9.78 Å². The molecule has 4 aromatic rings. The van der Waals surface area contributed by atoms with E-state index in [0.29, 0.717) is 19.4 Å². The third-order valence-electron chi connectivity index (χ3n) is 4.75. The number of H-pyrrole nitrogens is 1. The Bertz CT molecular complexity index is 1090. The van der Waals surface area contributed by atoms with Crippen LogP contribution in [0.25, 0.3) is 22.2 Å². The summed E-state index contributed by atoms with van der Waals surface area (Å²) in [5, 5.41) is 3.74. The number of amides is 1. The number of fused-ring (bicyclic) bond motifs is 1. The Balaban J connectivity index is 1.55. The van der Waals surface area contributed by atoms with Gasteiger partial charge in [0.25, 0.3) is 0 Å². The van der Waals surface area contributed by atoms with Gasteiger partial charge < -0.3 is 10.3 Å². The number of benzene rings is 2. The summed E-state index contributed by atoms with van der Waals surface area (Å²) in [5.74, 6) is -0.331. The number of nitrogens with one attached hydrogen (secondary N) is 2. The highest BCUT2D eigenvalue weighted by Gasteiger charge is 2.15. The van der Waals surface area contributed by atoms with E-state index < -0.39 is 0 Å². The molecular weight excluding hydrogens is 353 g/mol. The molecule has 0 radical (unpaired) electrons. The van der Waals surface area contributed by atoms with Crippen LogP contribution in [0.3, 0.4) is 0 Å². The number of nitrogens with zero attached hydrogens (tertiary/aromatic N) is 1. The average molecular weight is 373 g/mol. The number of halogens is 1. The average Bonchev–Trinajstić information content (AvgIpc) is 3.10. The molecule has 28 heavy (non-hydrogen) atoms. The first-order valence-corrected chi connectivity index (χ1v) is 9.22. The third kappa shape index (κ3) is 3.93. The number of aromatic amines is 1. The molecule has 4 rings (SSSR count). The van der Waals surface area contributed by atoms with Gasteiger partial charge in [-0.05, 0) is 47.4 Å². The normalized spacial score (nSPS) is 10.9. The predicted octanol–water partition coefficient (Wildman–Crippen LogP) is 4.62. The van der Waals surface area contributed by atoms with Crippen molar-refractivity contribution in [2.75, 3.05) is 0 Å². The fourth-order valence-corrected chi connectivity index (χ4v) is 3.36. The van der Waals surface area contributed by atoms with E-state index in [4.69, 9.17) is 0 Å². The van der Waals surface area contributed by atoms with Gasteiger partial charge in [-0.25, -0.2) is 4.39 Å². The van der Waals surface area contributed by atoms with E-state index in [1.165, 1.54) is 12.1 Å². The van der Waals surface area contributed by atoms with Crippen LogP contribution in [0.2, 0.25) is 0 Å². The minimum Gasteiger partial charge on any atom is -0.354 e.